The van der Waals surface area contributed by atoms with Gasteiger partial charge in [-0.15, -0.1) is 0 Å². The summed E-state index contributed by atoms with van der Waals surface area (Å²) in [5, 5.41) is 3.20. The highest BCUT2D eigenvalue weighted by molar-refractivity contribution is 5.65. The van der Waals surface area contributed by atoms with Crippen LogP contribution in [0.1, 0.15) is 19.8 Å². The number of nitrogens with one attached hydrogen (secondary N) is 1. The predicted octanol–water partition coefficient (Wildman–Crippen LogP) is 1.09. The SMILES string of the molecule is CC1CC/C(=C/C=O)NC1. The molecule has 0 aliphatic carbocycles. The van der Waals surface area contributed by atoms with Crippen LogP contribution in [0.2, 0.25) is 0 Å². The highest BCUT2D eigenvalue weighted by Crippen LogP contribution is 2.14. The van der Waals surface area contributed by atoms with E-state index in [9.17, 15) is 4.79 Å². The Morgan fingerprint density at radius 2 is 2.50 bits per heavy atom. The molecule has 1 atom stereocenters. The van der Waals surface area contributed by atoms with Crippen molar-refractivity contribution in [2.75, 3.05) is 6.54 Å². The molecule has 0 radical (unpaired) electrons. The number of allylic oxidation sites excluding steroid dienone is 2. The van der Waals surface area contributed by atoms with E-state index in [-0.39, 0.29) is 0 Å². The molecule has 1 aliphatic rings. The highest BCUT2D eigenvalue weighted by atomic mass is 16.1. The topological polar surface area (TPSA) is 29.1 Å². The number of piperidine rings is 1. The zero-order valence-corrected chi connectivity index (χ0v) is 6.26. The van der Waals surface area contributed by atoms with Crippen LogP contribution in [0.4, 0.5) is 0 Å². The molecule has 0 spiro atoms. The predicted molar refractivity (Wildman–Crippen MR) is 40.5 cm³/mol. The largest absolute Gasteiger partial charge is 0.388 e. The van der Waals surface area contributed by atoms with Gasteiger partial charge < -0.3 is 5.32 Å². The molecule has 1 N–H and O–H groups in total. The summed E-state index contributed by atoms with van der Waals surface area (Å²) in [4.78, 5) is 10.0. The smallest absolute Gasteiger partial charge is 0.144 e. The molecule has 2 nitrogen and oxygen atoms in total. The molecule has 1 aliphatic heterocycles. The zero-order valence-electron chi connectivity index (χ0n) is 6.26. The molecule has 56 valence electrons. The summed E-state index contributed by atoms with van der Waals surface area (Å²) in [5.41, 5.74) is 1.09. The van der Waals surface area contributed by atoms with Crippen LogP contribution in [0.3, 0.4) is 0 Å². The average molecular weight is 139 g/mol. The molecule has 0 aromatic heterocycles. The first-order valence-corrected chi connectivity index (χ1v) is 3.71. The summed E-state index contributed by atoms with van der Waals surface area (Å²) >= 11 is 0. The van der Waals surface area contributed by atoms with Gasteiger partial charge >= 0.3 is 0 Å². The standard InChI is InChI=1S/C8H13NO/c1-7-2-3-8(4-5-10)9-6-7/h4-5,7,9H,2-3,6H2,1H3/b8-4-. The number of hydrogen-bond acceptors (Lipinski definition) is 2. The van der Waals surface area contributed by atoms with E-state index in [1.54, 1.807) is 6.08 Å². The van der Waals surface area contributed by atoms with Gasteiger partial charge in [-0.1, -0.05) is 6.92 Å². The van der Waals surface area contributed by atoms with Crippen LogP contribution in [0.5, 0.6) is 0 Å². The van der Waals surface area contributed by atoms with Crippen molar-refractivity contribution in [1.82, 2.24) is 5.32 Å². The Bertz CT molecular complexity index is 141. The van der Waals surface area contributed by atoms with Gasteiger partial charge in [0, 0.05) is 12.2 Å². The summed E-state index contributed by atoms with van der Waals surface area (Å²) in [6.07, 6.45) is 4.69. The number of carbonyl (C=O) groups is 1. The van der Waals surface area contributed by atoms with E-state index in [4.69, 9.17) is 0 Å². The van der Waals surface area contributed by atoms with Gasteiger partial charge in [0.15, 0.2) is 0 Å². The molecule has 1 unspecified atom stereocenters. The lowest BCUT2D eigenvalue weighted by Crippen LogP contribution is -2.26. The van der Waals surface area contributed by atoms with E-state index in [1.807, 2.05) is 0 Å². The van der Waals surface area contributed by atoms with Gasteiger partial charge in [-0.25, -0.2) is 0 Å². The van der Waals surface area contributed by atoms with Crippen LogP contribution in [0, 0.1) is 5.92 Å². The van der Waals surface area contributed by atoms with Crippen molar-refractivity contribution in [3.8, 4) is 0 Å². The van der Waals surface area contributed by atoms with Gasteiger partial charge in [0.25, 0.3) is 0 Å². The molecule has 0 bridgehead atoms. The quantitative estimate of drug-likeness (QED) is 0.435. The third kappa shape index (κ3) is 1.87. The van der Waals surface area contributed by atoms with E-state index in [1.165, 1.54) is 6.42 Å². The molecular formula is C8H13NO. The molecule has 0 aromatic rings. The van der Waals surface area contributed by atoms with Crippen LogP contribution in [0.15, 0.2) is 11.8 Å². The first-order chi connectivity index (χ1) is 4.83. The maximum absolute atomic E-state index is 10.0. The van der Waals surface area contributed by atoms with Gasteiger partial charge in [0.05, 0.1) is 0 Å². The Morgan fingerprint density at radius 1 is 1.70 bits per heavy atom. The molecule has 1 rings (SSSR count). The van der Waals surface area contributed by atoms with Crippen molar-refractivity contribution in [2.24, 2.45) is 5.92 Å². The highest BCUT2D eigenvalue weighted by Gasteiger charge is 2.09. The van der Waals surface area contributed by atoms with Crippen LogP contribution >= 0.6 is 0 Å². The minimum Gasteiger partial charge on any atom is -0.388 e. The number of hydrogen-bond donors (Lipinski definition) is 1. The molecule has 2 heteroatoms. The fourth-order valence-corrected chi connectivity index (χ4v) is 1.12. The zero-order chi connectivity index (χ0) is 7.40. The Hall–Kier alpha value is -0.790. The van der Waals surface area contributed by atoms with E-state index in [0.717, 1.165) is 30.9 Å². The molecule has 10 heavy (non-hydrogen) atoms. The summed E-state index contributed by atoms with van der Waals surface area (Å²) in [6.45, 7) is 3.23. The van der Waals surface area contributed by atoms with Crippen molar-refractivity contribution in [3.63, 3.8) is 0 Å². The van der Waals surface area contributed by atoms with E-state index >= 15 is 0 Å². The number of rotatable bonds is 1. The summed E-state index contributed by atoms with van der Waals surface area (Å²) in [7, 11) is 0. The molecule has 1 heterocycles. The Labute approximate surface area is 61.3 Å². The molecule has 0 aromatic carbocycles. The first kappa shape index (κ1) is 7.32. The minimum atomic E-state index is 0.754. The second-order valence-electron chi connectivity index (χ2n) is 2.85. The second-order valence-corrected chi connectivity index (χ2v) is 2.85. The lowest BCUT2D eigenvalue weighted by atomic mass is 10.00. The lowest BCUT2D eigenvalue weighted by molar-refractivity contribution is -0.104. The van der Waals surface area contributed by atoms with Gasteiger partial charge in [0.1, 0.15) is 6.29 Å². The Kier molecular flexibility index (Phi) is 2.49. The average Bonchev–Trinajstić information content (AvgIpc) is 1.95. The number of aldehydes is 1. The van der Waals surface area contributed by atoms with Crippen LogP contribution < -0.4 is 5.32 Å². The van der Waals surface area contributed by atoms with Crippen LogP contribution in [-0.2, 0) is 4.79 Å². The summed E-state index contributed by atoms with van der Waals surface area (Å²) < 4.78 is 0. The molecule has 1 fully saturated rings. The van der Waals surface area contributed by atoms with Crippen molar-refractivity contribution in [2.45, 2.75) is 19.8 Å². The monoisotopic (exact) mass is 139 g/mol. The normalized spacial score (nSPS) is 29.7. The minimum absolute atomic E-state index is 0.754. The third-order valence-corrected chi connectivity index (χ3v) is 1.85. The van der Waals surface area contributed by atoms with E-state index in [0.29, 0.717) is 0 Å². The maximum Gasteiger partial charge on any atom is 0.144 e. The van der Waals surface area contributed by atoms with Gasteiger partial charge in [-0.05, 0) is 24.8 Å². The van der Waals surface area contributed by atoms with Crippen LogP contribution in [-0.4, -0.2) is 12.8 Å². The molecule has 0 amide bonds. The fourth-order valence-electron chi connectivity index (χ4n) is 1.12. The lowest BCUT2D eigenvalue weighted by Gasteiger charge is -2.21. The van der Waals surface area contributed by atoms with Crippen molar-refractivity contribution in [1.29, 1.82) is 0 Å². The maximum atomic E-state index is 10.0. The molecular weight excluding hydrogens is 126 g/mol. The third-order valence-electron chi connectivity index (χ3n) is 1.85. The van der Waals surface area contributed by atoms with Crippen molar-refractivity contribution >= 4 is 6.29 Å². The second kappa shape index (κ2) is 3.40. The Balaban J connectivity index is 2.39. The van der Waals surface area contributed by atoms with Gasteiger partial charge in [-0.2, -0.15) is 0 Å². The van der Waals surface area contributed by atoms with Crippen molar-refractivity contribution < 1.29 is 4.79 Å². The summed E-state index contributed by atoms with van der Waals surface area (Å²) in [6, 6.07) is 0. The van der Waals surface area contributed by atoms with E-state index < -0.39 is 0 Å². The van der Waals surface area contributed by atoms with Crippen LogP contribution in [0.25, 0.3) is 0 Å². The Morgan fingerprint density at radius 3 is 3.00 bits per heavy atom. The van der Waals surface area contributed by atoms with Gasteiger partial charge in [-0.3, -0.25) is 4.79 Å². The number of carbonyl (C=O) groups excluding carboxylic acids is 1. The van der Waals surface area contributed by atoms with Gasteiger partial charge in [0.2, 0.25) is 0 Å². The van der Waals surface area contributed by atoms with Crippen molar-refractivity contribution in [3.05, 3.63) is 11.8 Å². The fraction of sp³-hybridized carbons (Fsp3) is 0.625. The van der Waals surface area contributed by atoms with E-state index in [2.05, 4.69) is 12.2 Å². The summed E-state index contributed by atoms with van der Waals surface area (Å²) in [5.74, 6) is 0.754. The first-order valence-electron chi connectivity index (χ1n) is 3.71. The molecule has 1 saturated heterocycles. The molecule has 0 saturated carbocycles.